The molecule has 0 saturated heterocycles. The highest BCUT2D eigenvalue weighted by molar-refractivity contribution is 7.05. The van der Waals surface area contributed by atoms with Crippen molar-refractivity contribution in [3.8, 4) is 5.75 Å². The Labute approximate surface area is 98.2 Å². The van der Waals surface area contributed by atoms with Gasteiger partial charge in [0.2, 0.25) is 0 Å². The second kappa shape index (κ2) is 5.05. The Morgan fingerprint density at radius 2 is 2.25 bits per heavy atom. The number of rotatable bonds is 4. The lowest BCUT2D eigenvalue weighted by Gasteiger charge is -2.11. The van der Waals surface area contributed by atoms with Gasteiger partial charge >= 0.3 is 0 Å². The second-order valence-electron chi connectivity index (χ2n) is 3.44. The topological polar surface area (TPSA) is 61.0 Å². The number of nitrogens with two attached hydrogens (primary N) is 1. The molecule has 2 N–H and O–H groups in total. The molecule has 0 bridgehead atoms. The van der Waals surface area contributed by atoms with E-state index in [9.17, 15) is 0 Å². The first-order valence-corrected chi connectivity index (χ1v) is 5.73. The van der Waals surface area contributed by atoms with Crippen LogP contribution in [0.3, 0.4) is 0 Å². The molecule has 1 aromatic heterocycles. The Bertz CT molecular complexity index is 444. The third-order valence-corrected chi connectivity index (χ3v) is 3.17. The first-order valence-electron chi connectivity index (χ1n) is 4.96. The van der Waals surface area contributed by atoms with Gasteiger partial charge in [-0.15, -0.1) is 5.10 Å². The van der Waals surface area contributed by atoms with E-state index in [4.69, 9.17) is 10.5 Å². The van der Waals surface area contributed by atoms with Crippen LogP contribution in [0.1, 0.15) is 16.5 Å². The highest BCUT2D eigenvalue weighted by atomic mass is 32.1. The first-order chi connectivity index (χ1) is 7.81. The monoisotopic (exact) mass is 235 g/mol. The van der Waals surface area contributed by atoms with Gasteiger partial charge in [0.1, 0.15) is 5.75 Å². The molecule has 1 atom stereocenters. The first kappa shape index (κ1) is 11.0. The van der Waals surface area contributed by atoms with Crippen molar-refractivity contribution in [2.24, 2.45) is 5.73 Å². The molecule has 0 amide bonds. The minimum absolute atomic E-state index is 0.0729. The lowest BCUT2D eigenvalue weighted by molar-refractivity contribution is 0.408. The largest absolute Gasteiger partial charge is 0.496 e. The van der Waals surface area contributed by atoms with Crippen LogP contribution >= 0.6 is 11.5 Å². The van der Waals surface area contributed by atoms with Crippen LogP contribution in [0.15, 0.2) is 30.5 Å². The van der Waals surface area contributed by atoms with Crippen LogP contribution in [0.25, 0.3) is 0 Å². The molecule has 0 aliphatic rings. The summed E-state index contributed by atoms with van der Waals surface area (Å²) in [6, 6.07) is 7.81. The van der Waals surface area contributed by atoms with Gasteiger partial charge in [-0.05, 0) is 29.6 Å². The smallest absolute Gasteiger partial charge is 0.122 e. The van der Waals surface area contributed by atoms with Gasteiger partial charge in [-0.3, -0.25) is 0 Å². The average molecular weight is 235 g/mol. The molecular formula is C11H13N3OS. The van der Waals surface area contributed by atoms with E-state index in [0.29, 0.717) is 0 Å². The SMILES string of the molecule is COc1ccccc1CC(N)c1cnns1. The van der Waals surface area contributed by atoms with E-state index in [0.717, 1.165) is 22.6 Å². The van der Waals surface area contributed by atoms with Crippen LogP contribution in [-0.4, -0.2) is 16.7 Å². The number of benzene rings is 1. The molecule has 16 heavy (non-hydrogen) atoms. The van der Waals surface area contributed by atoms with E-state index in [1.54, 1.807) is 13.3 Å². The van der Waals surface area contributed by atoms with Crippen molar-refractivity contribution in [2.75, 3.05) is 7.11 Å². The molecule has 2 rings (SSSR count). The lowest BCUT2D eigenvalue weighted by Crippen LogP contribution is -2.12. The maximum absolute atomic E-state index is 6.07. The molecule has 1 heterocycles. The lowest BCUT2D eigenvalue weighted by atomic mass is 10.0. The number of para-hydroxylation sites is 1. The van der Waals surface area contributed by atoms with Gasteiger partial charge in [-0.1, -0.05) is 22.7 Å². The summed E-state index contributed by atoms with van der Waals surface area (Å²) < 4.78 is 9.09. The zero-order chi connectivity index (χ0) is 11.4. The fourth-order valence-corrected chi connectivity index (χ4v) is 2.05. The molecule has 1 aromatic carbocycles. The molecule has 0 aliphatic heterocycles. The van der Waals surface area contributed by atoms with Crippen LogP contribution in [0, 0.1) is 0 Å². The Balaban J connectivity index is 2.14. The molecule has 0 fully saturated rings. The number of hydrogen-bond acceptors (Lipinski definition) is 5. The predicted molar refractivity (Wildman–Crippen MR) is 63.5 cm³/mol. The van der Waals surface area contributed by atoms with Gasteiger partial charge in [0.05, 0.1) is 18.2 Å². The van der Waals surface area contributed by atoms with Gasteiger partial charge in [0.15, 0.2) is 0 Å². The van der Waals surface area contributed by atoms with E-state index in [1.165, 1.54) is 11.5 Å². The average Bonchev–Trinajstić information content (AvgIpc) is 2.83. The van der Waals surface area contributed by atoms with Gasteiger partial charge in [0.25, 0.3) is 0 Å². The van der Waals surface area contributed by atoms with Crippen molar-refractivity contribution < 1.29 is 4.74 Å². The van der Waals surface area contributed by atoms with E-state index >= 15 is 0 Å². The van der Waals surface area contributed by atoms with E-state index in [-0.39, 0.29) is 6.04 Å². The zero-order valence-electron chi connectivity index (χ0n) is 8.96. The maximum atomic E-state index is 6.07. The van der Waals surface area contributed by atoms with Crippen LogP contribution in [-0.2, 0) is 6.42 Å². The Hall–Kier alpha value is -1.46. The van der Waals surface area contributed by atoms with Crippen LogP contribution < -0.4 is 10.5 Å². The van der Waals surface area contributed by atoms with Crippen molar-refractivity contribution >= 4 is 11.5 Å². The van der Waals surface area contributed by atoms with Crippen LogP contribution in [0.2, 0.25) is 0 Å². The molecule has 4 nitrogen and oxygen atoms in total. The standard InChI is InChI=1S/C11H13N3OS/c1-15-10-5-3-2-4-8(10)6-9(12)11-7-13-14-16-11/h2-5,7,9H,6,12H2,1H3. The normalized spacial score (nSPS) is 12.4. The quantitative estimate of drug-likeness (QED) is 0.877. The molecular weight excluding hydrogens is 222 g/mol. The van der Waals surface area contributed by atoms with E-state index < -0.39 is 0 Å². The summed E-state index contributed by atoms with van der Waals surface area (Å²) in [5.74, 6) is 0.871. The molecule has 0 spiro atoms. The molecule has 5 heteroatoms. The summed E-state index contributed by atoms with van der Waals surface area (Å²) in [5, 5.41) is 3.78. The molecule has 0 radical (unpaired) electrons. The van der Waals surface area contributed by atoms with Crippen molar-refractivity contribution in [1.29, 1.82) is 0 Å². The summed E-state index contributed by atoms with van der Waals surface area (Å²) in [4.78, 5) is 0.992. The Morgan fingerprint density at radius 3 is 2.94 bits per heavy atom. The van der Waals surface area contributed by atoms with E-state index in [2.05, 4.69) is 9.59 Å². The summed E-state index contributed by atoms with van der Waals surface area (Å²) in [5.41, 5.74) is 7.17. The van der Waals surface area contributed by atoms with Gasteiger partial charge in [-0.2, -0.15) is 0 Å². The molecule has 2 aromatic rings. The summed E-state index contributed by atoms with van der Waals surface area (Å²) in [6.45, 7) is 0. The minimum atomic E-state index is -0.0729. The summed E-state index contributed by atoms with van der Waals surface area (Å²) in [6.07, 6.45) is 2.44. The molecule has 1 unspecified atom stereocenters. The molecule has 0 aliphatic carbocycles. The number of methoxy groups -OCH3 is 1. The third-order valence-electron chi connectivity index (χ3n) is 2.38. The van der Waals surface area contributed by atoms with Crippen molar-refractivity contribution in [3.63, 3.8) is 0 Å². The second-order valence-corrected chi connectivity index (χ2v) is 4.26. The number of hydrogen-bond donors (Lipinski definition) is 1. The van der Waals surface area contributed by atoms with E-state index in [1.807, 2.05) is 24.3 Å². The number of nitrogens with zero attached hydrogens (tertiary/aromatic N) is 2. The fraction of sp³-hybridized carbons (Fsp3) is 0.273. The van der Waals surface area contributed by atoms with Crippen molar-refractivity contribution in [1.82, 2.24) is 9.59 Å². The summed E-state index contributed by atoms with van der Waals surface area (Å²) in [7, 11) is 1.67. The van der Waals surface area contributed by atoms with Gasteiger partial charge in [-0.25, -0.2) is 0 Å². The fourth-order valence-electron chi connectivity index (χ4n) is 1.55. The minimum Gasteiger partial charge on any atom is -0.496 e. The maximum Gasteiger partial charge on any atom is 0.122 e. The third kappa shape index (κ3) is 2.37. The zero-order valence-corrected chi connectivity index (χ0v) is 9.78. The predicted octanol–water partition coefficient (Wildman–Crippen LogP) is 1.79. The Morgan fingerprint density at radius 1 is 1.44 bits per heavy atom. The van der Waals surface area contributed by atoms with Crippen LogP contribution in [0.4, 0.5) is 0 Å². The highest BCUT2D eigenvalue weighted by Gasteiger charge is 2.12. The number of aromatic nitrogens is 2. The molecule has 84 valence electrons. The van der Waals surface area contributed by atoms with Gasteiger partial charge < -0.3 is 10.5 Å². The Kier molecular flexibility index (Phi) is 3.48. The highest BCUT2D eigenvalue weighted by Crippen LogP contribution is 2.24. The molecule has 0 saturated carbocycles. The van der Waals surface area contributed by atoms with Crippen LogP contribution in [0.5, 0.6) is 5.75 Å². The number of ether oxygens (including phenoxy) is 1. The van der Waals surface area contributed by atoms with Crippen molar-refractivity contribution in [2.45, 2.75) is 12.5 Å². The van der Waals surface area contributed by atoms with Crippen molar-refractivity contribution in [3.05, 3.63) is 40.9 Å². The summed E-state index contributed by atoms with van der Waals surface area (Å²) >= 11 is 1.34. The van der Waals surface area contributed by atoms with Gasteiger partial charge in [0, 0.05) is 6.04 Å².